The number of hydrogen-bond acceptors (Lipinski definition) is 5. The largest absolute Gasteiger partial charge is 0.493 e. The zero-order valence-corrected chi connectivity index (χ0v) is 15.7. The number of hydrogen-bond donors (Lipinski definition) is 1. The van der Waals surface area contributed by atoms with Crippen LogP contribution in [0.2, 0.25) is 0 Å². The summed E-state index contributed by atoms with van der Waals surface area (Å²) in [5, 5.41) is 2.88. The van der Waals surface area contributed by atoms with Gasteiger partial charge in [0.2, 0.25) is 0 Å². The van der Waals surface area contributed by atoms with E-state index < -0.39 is 5.91 Å². The van der Waals surface area contributed by atoms with Crippen molar-refractivity contribution in [3.05, 3.63) is 64.6 Å². The molecule has 0 bridgehead atoms. The van der Waals surface area contributed by atoms with Crippen LogP contribution in [0.3, 0.4) is 0 Å². The Kier molecular flexibility index (Phi) is 5.93. The molecule has 1 heterocycles. The van der Waals surface area contributed by atoms with E-state index in [4.69, 9.17) is 9.47 Å². The Balaban J connectivity index is 1.79. The molecule has 1 fully saturated rings. The van der Waals surface area contributed by atoms with E-state index in [1.165, 1.54) is 0 Å². The van der Waals surface area contributed by atoms with Crippen molar-refractivity contribution in [1.29, 1.82) is 0 Å². The number of thioether (sulfide) groups is 1. The molecular weight excluding hydrogens is 364 g/mol. The van der Waals surface area contributed by atoms with Crippen molar-refractivity contribution in [1.82, 2.24) is 5.32 Å². The third kappa shape index (κ3) is 4.57. The maximum absolute atomic E-state index is 12.2. The molecule has 1 N–H and O–H groups in total. The van der Waals surface area contributed by atoms with Gasteiger partial charge in [-0.2, -0.15) is 4.99 Å². The van der Waals surface area contributed by atoms with Crippen molar-refractivity contribution < 1.29 is 19.1 Å². The standard InChI is InChI=1S/C20H18N2O4S/c1-3-26-15-10-9-13(11-16(15)25-2)12-17-19(24)22-20(27-17)21-18(23)14-7-5-4-6-8-14/h4-12H,3H2,1-2H3,(H,21,22,23,24)/b17-12-. The highest BCUT2D eigenvalue weighted by atomic mass is 32.2. The zero-order chi connectivity index (χ0) is 19.2. The van der Waals surface area contributed by atoms with E-state index in [9.17, 15) is 9.59 Å². The summed E-state index contributed by atoms with van der Waals surface area (Å²) in [4.78, 5) is 28.8. The number of benzene rings is 2. The van der Waals surface area contributed by atoms with Crippen molar-refractivity contribution in [2.45, 2.75) is 6.92 Å². The lowest BCUT2D eigenvalue weighted by molar-refractivity contribution is -0.115. The second kappa shape index (κ2) is 8.55. The van der Waals surface area contributed by atoms with E-state index in [1.54, 1.807) is 49.6 Å². The third-order valence-corrected chi connectivity index (χ3v) is 4.57. The minimum absolute atomic E-state index is 0.262. The zero-order valence-electron chi connectivity index (χ0n) is 14.9. The van der Waals surface area contributed by atoms with Gasteiger partial charge in [0.25, 0.3) is 11.8 Å². The maximum atomic E-state index is 12.2. The first-order valence-corrected chi connectivity index (χ1v) is 9.12. The highest BCUT2D eigenvalue weighted by Gasteiger charge is 2.25. The van der Waals surface area contributed by atoms with E-state index in [-0.39, 0.29) is 11.1 Å². The number of amides is 2. The molecule has 1 aliphatic rings. The summed E-state index contributed by atoms with van der Waals surface area (Å²) in [6, 6.07) is 14.1. The monoisotopic (exact) mass is 382 g/mol. The van der Waals surface area contributed by atoms with Crippen LogP contribution in [0.4, 0.5) is 0 Å². The number of rotatable bonds is 5. The van der Waals surface area contributed by atoms with Crippen LogP contribution in [0.25, 0.3) is 6.08 Å². The number of ether oxygens (including phenoxy) is 2. The summed E-state index contributed by atoms with van der Waals surface area (Å²) in [6.07, 6.45) is 1.72. The molecule has 1 saturated heterocycles. The molecule has 2 aromatic rings. The molecular formula is C20H18N2O4S. The van der Waals surface area contributed by atoms with E-state index >= 15 is 0 Å². The first-order chi connectivity index (χ1) is 13.1. The van der Waals surface area contributed by atoms with Gasteiger partial charge in [-0.3, -0.25) is 9.59 Å². The number of nitrogens with one attached hydrogen (secondary N) is 1. The van der Waals surface area contributed by atoms with Crippen molar-refractivity contribution in [2.24, 2.45) is 4.99 Å². The van der Waals surface area contributed by atoms with Gasteiger partial charge in [0, 0.05) is 5.56 Å². The van der Waals surface area contributed by atoms with Crippen LogP contribution in [0.1, 0.15) is 22.8 Å². The van der Waals surface area contributed by atoms with Crippen molar-refractivity contribution in [3.8, 4) is 11.5 Å². The third-order valence-electron chi connectivity index (χ3n) is 3.66. The molecule has 0 radical (unpaired) electrons. The minimum atomic E-state index is -0.401. The van der Waals surface area contributed by atoms with Gasteiger partial charge >= 0.3 is 0 Å². The van der Waals surface area contributed by atoms with Crippen molar-refractivity contribution in [3.63, 3.8) is 0 Å². The van der Waals surface area contributed by atoms with Crippen molar-refractivity contribution >= 4 is 34.8 Å². The van der Waals surface area contributed by atoms with Gasteiger partial charge in [0.15, 0.2) is 16.7 Å². The predicted octanol–water partition coefficient (Wildman–Crippen LogP) is 3.49. The summed E-state index contributed by atoms with van der Waals surface area (Å²) in [6.45, 7) is 2.43. The first kappa shape index (κ1) is 18.7. The van der Waals surface area contributed by atoms with Gasteiger partial charge in [0.05, 0.1) is 18.6 Å². The Morgan fingerprint density at radius 2 is 1.96 bits per heavy atom. The molecule has 1 aliphatic heterocycles. The predicted molar refractivity (Wildman–Crippen MR) is 106 cm³/mol. The van der Waals surface area contributed by atoms with Gasteiger partial charge in [-0.15, -0.1) is 0 Å². The van der Waals surface area contributed by atoms with Crippen molar-refractivity contribution in [2.75, 3.05) is 13.7 Å². The quantitative estimate of drug-likeness (QED) is 0.801. The second-order valence-corrected chi connectivity index (χ2v) is 6.53. The lowest BCUT2D eigenvalue weighted by Crippen LogP contribution is -2.20. The highest BCUT2D eigenvalue weighted by molar-refractivity contribution is 8.18. The highest BCUT2D eigenvalue weighted by Crippen LogP contribution is 2.31. The molecule has 2 amide bonds. The molecule has 0 aliphatic carbocycles. The molecule has 0 saturated carbocycles. The van der Waals surface area contributed by atoms with Crippen LogP contribution >= 0.6 is 11.8 Å². The van der Waals surface area contributed by atoms with Gasteiger partial charge in [-0.1, -0.05) is 24.3 Å². The summed E-state index contributed by atoms with van der Waals surface area (Å²) in [5.41, 5.74) is 1.25. The van der Waals surface area contributed by atoms with E-state index in [0.717, 1.165) is 17.3 Å². The molecule has 0 spiro atoms. The maximum Gasteiger partial charge on any atom is 0.279 e. The average molecular weight is 382 g/mol. The number of carbonyl (C=O) groups is 2. The number of methoxy groups -OCH3 is 1. The lowest BCUT2D eigenvalue weighted by Gasteiger charge is -2.09. The Labute approximate surface area is 161 Å². The molecule has 27 heavy (non-hydrogen) atoms. The number of aliphatic imine (C=N–C) groups is 1. The van der Waals surface area contributed by atoms with E-state index in [0.29, 0.717) is 28.6 Å². The van der Waals surface area contributed by atoms with Gasteiger partial charge in [-0.25, -0.2) is 0 Å². The van der Waals surface area contributed by atoms with Gasteiger partial charge < -0.3 is 14.8 Å². The molecule has 6 nitrogen and oxygen atoms in total. The summed E-state index contributed by atoms with van der Waals surface area (Å²) >= 11 is 1.12. The molecule has 7 heteroatoms. The fraction of sp³-hybridized carbons (Fsp3) is 0.150. The molecule has 0 unspecified atom stereocenters. The molecule has 138 valence electrons. The molecule has 0 atom stereocenters. The molecule has 0 aromatic heterocycles. The van der Waals surface area contributed by atoms with Crippen LogP contribution < -0.4 is 14.8 Å². The topological polar surface area (TPSA) is 77.0 Å². The van der Waals surface area contributed by atoms with E-state index in [2.05, 4.69) is 10.3 Å². The summed E-state index contributed by atoms with van der Waals surface area (Å²) in [5.74, 6) is 0.527. The Morgan fingerprint density at radius 1 is 1.19 bits per heavy atom. The SMILES string of the molecule is CCOc1ccc(/C=C2\SC(=NC(=O)c3ccccc3)NC2=O)cc1OC. The second-order valence-electron chi connectivity index (χ2n) is 5.50. The lowest BCUT2D eigenvalue weighted by atomic mass is 10.2. The Bertz CT molecular complexity index is 923. The Hall–Kier alpha value is -3.06. The minimum Gasteiger partial charge on any atom is -0.493 e. The van der Waals surface area contributed by atoms with Crippen LogP contribution in [-0.2, 0) is 4.79 Å². The number of amidine groups is 1. The summed E-state index contributed by atoms with van der Waals surface area (Å²) in [7, 11) is 1.56. The molecule has 2 aromatic carbocycles. The number of carbonyl (C=O) groups excluding carboxylic acids is 2. The van der Waals surface area contributed by atoms with Crippen LogP contribution in [-0.4, -0.2) is 30.7 Å². The smallest absolute Gasteiger partial charge is 0.279 e. The van der Waals surface area contributed by atoms with Gasteiger partial charge in [-0.05, 0) is 54.6 Å². The summed E-state index contributed by atoms with van der Waals surface area (Å²) < 4.78 is 10.8. The Morgan fingerprint density at radius 3 is 2.67 bits per heavy atom. The normalized spacial score (nSPS) is 16.4. The van der Waals surface area contributed by atoms with Crippen LogP contribution in [0.5, 0.6) is 11.5 Å². The van der Waals surface area contributed by atoms with Gasteiger partial charge in [0.1, 0.15) is 0 Å². The number of nitrogens with zero attached hydrogens (tertiary/aromatic N) is 1. The fourth-order valence-corrected chi connectivity index (χ4v) is 3.24. The van der Waals surface area contributed by atoms with Crippen LogP contribution in [0, 0.1) is 0 Å². The van der Waals surface area contributed by atoms with Crippen LogP contribution in [0.15, 0.2) is 58.4 Å². The molecule has 3 rings (SSSR count). The fourth-order valence-electron chi connectivity index (χ4n) is 2.42. The van der Waals surface area contributed by atoms with E-state index in [1.807, 2.05) is 19.1 Å². The average Bonchev–Trinajstić information content (AvgIpc) is 3.02. The first-order valence-electron chi connectivity index (χ1n) is 8.30.